The Morgan fingerprint density at radius 2 is 2.00 bits per heavy atom. The lowest BCUT2D eigenvalue weighted by Crippen LogP contribution is -2.41. The molecule has 0 aliphatic carbocycles. The number of aromatic nitrogens is 3. The molecule has 0 aliphatic rings. The molecule has 2 atom stereocenters. The van der Waals surface area contributed by atoms with E-state index in [1.165, 1.54) is 18.3 Å². The van der Waals surface area contributed by atoms with Crippen LogP contribution in [0.3, 0.4) is 0 Å². The van der Waals surface area contributed by atoms with E-state index in [-0.39, 0.29) is 30.4 Å². The number of rotatable bonds is 12. The number of nitrogens with two attached hydrogens (primary N) is 1. The third-order valence-corrected chi connectivity index (χ3v) is 5.82. The minimum atomic E-state index is -0.575. The van der Waals surface area contributed by atoms with Gasteiger partial charge in [0.15, 0.2) is 5.69 Å². The SMILES string of the molecule is CCCCOC(=O)[C@H](CN)C[C@@H](Cc1ccc(-c2cc(Cl)ccc2F)cc1)NC(=O)c1c[nH]nn1. The smallest absolute Gasteiger partial charge is 0.310 e. The number of hydrogen-bond donors (Lipinski definition) is 3. The van der Waals surface area contributed by atoms with E-state index in [2.05, 4.69) is 20.7 Å². The molecular weight excluding hydrogens is 473 g/mol. The molecular formula is C25H29ClFN5O3. The summed E-state index contributed by atoms with van der Waals surface area (Å²) in [7, 11) is 0. The van der Waals surface area contributed by atoms with Crippen LogP contribution in [-0.2, 0) is 16.0 Å². The van der Waals surface area contributed by atoms with Gasteiger partial charge in [0.1, 0.15) is 5.82 Å². The molecule has 0 unspecified atom stereocenters. The zero-order valence-electron chi connectivity index (χ0n) is 19.5. The number of esters is 1. The molecule has 0 spiro atoms. The number of carbonyl (C=O) groups is 2. The van der Waals surface area contributed by atoms with Gasteiger partial charge in [-0.1, -0.05) is 54.4 Å². The van der Waals surface area contributed by atoms with Gasteiger partial charge >= 0.3 is 5.97 Å². The summed E-state index contributed by atoms with van der Waals surface area (Å²) in [5, 5.41) is 13.2. The molecule has 0 radical (unpaired) electrons. The van der Waals surface area contributed by atoms with Gasteiger partial charge in [0, 0.05) is 23.2 Å². The Balaban J connectivity index is 1.75. The number of aromatic amines is 1. The molecule has 0 bridgehead atoms. The standard InChI is InChI=1S/C25H29ClFN5O3/c1-2-3-10-35-25(34)18(14-28)12-20(30-24(33)23-15-29-32-31-23)11-16-4-6-17(7-5-16)21-13-19(26)8-9-22(21)27/h4-9,13,15,18,20H,2-3,10-12,14,28H2,1H3,(H,30,33)(H,29,31,32)/t18-,20+/m0/s1. The lowest BCUT2D eigenvalue weighted by atomic mass is 9.93. The number of carbonyl (C=O) groups excluding carboxylic acids is 2. The van der Waals surface area contributed by atoms with E-state index in [9.17, 15) is 14.0 Å². The molecule has 1 amide bonds. The van der Waals surface area contributed by atoms with Gasteiger partial charge in [-0.15, -0.1) is 5.10 Å². The van der Waals surface area contributed by atoms with Gasteiger partial charge in [-0.3, -0.25) is 14.7 Å². The summed E-state index contributed by atoms with van der Waals surface area (Å²) in [6.07, 6.45) is 3.78. The minimum Gasteiger partial charge on any atom is -0.465 e. The Morgan fingerprint density at radius 1 is 1.23 bits per heavy atom. The van der Waals surface area contributed by atoms with Crippen LogP contribution in [0, 0.1) is 11.7 Å². The molecule has 8 nitrogen and oxygen atoms in total. The Bertz CT molecular complexity index is 1110. The molecule has 186 valence electrons. The molecule has 0 fully saturated rings. The molecule has 2 aromatic carbocycles. The molecule has 1 aromatic heterocycles. The number of H-pyrrole nitrogens is 1. The third-order valence-electron chi connectivity index (χ3n) is 5.59. The summed E-state index contributed by atoms with van der Waals surface area (Å²) in [6, 6.07) is 11.2. The number of benzene rings is 2. The van der Waals surface area contributed by atoms with Crippen LogP contribution in [0.15, 0.2) is 48.7 Å². The third kappa shape index (κ3) is 7.60. The maximum atomic E-state index is 14.2. The lowest BCUT2D eigenvalue weighted by Gasteiger charge is -2.23. The highest BCUT2D eigenvalue weighted by Gasteiger charge is 2.25. The largest absolute Gasteiger partial charge is 0.465 e. The molecule has 0 saturated carbocycles. The van der Waals surface area contributed by atoms with Crippen LogP contribution in [0.2, 0.25) is 5.02 Å². The molecule has 1 heterocycles. The highest BCUT2D eigenvalue weighted by atomic mass is 35.5. The van der Waals surface area contributed by atoms with E-state index in [0.717, 1.165) is 18.4 Å². The van der Waals surface area contributed by atoms with Crippen molar-refractivity contribution in [1.29, 1.82) is 0 Å². The normalized spacial score (nSPS) is 12.7. The number of unbranched alkanes of at least 4 members (excludes halogenated alkanes) is 1. The fourth-order valence-corrected chi connectivity index (χ4v) is 3.83. The molecule has 0 saturated heterocycles. The predicted molar refractivity (Wildman–Crippen MR) is 131 cm³/mol. The Morgan fingerprint density at radius 3 is 2.66 bits per heavy atom. The molecule has 35 heavy (non-hydrogen) atoms. The lowest BCUT2D eigenvalue weighted by molar-refractivity contribution is -0.148. The second kappa shape index (κ2) is 13.0. The summed E-state index contributed by atoms with van der Waals surface area (Å²) in [5.74, 6) is -1.74. The van der Waals surface area contributed by atoms with Crippen LogP contribution in [0.25, 0.3) is 11.1 Å². The average Bonchev–Trinajstić information content (AvgIpc) is 3.40. The van der Waals surface area contributed by atoms with Crippen LogP contribution in [0.5, 0.6) is 0 Å². The van der Waals surface area contributed by atoms with Crippen LogP contribution in [-0.4, -0.2) is 46.5 Å². The van der Waals surface area contributed by atoms with Crippen LogP contribution < -0.4 is 11.1 Å². The van der Waals surface area contributed by atoms with Gasteiger partial charge in [0.25, 0.3) is 5.91 Å². The van der Waals surface area contributed by atoms with Crippen molar-refractivity contribution in [2.24, 2.45) is 11.7 Å². The van der Waals surface area contributed by atoms with E-state index in [1.807, 2.05) is 19.1 Å². The van der Waals surface area contributed by atoms with E-state index < -0.39 is 17.9 Å². The quantitative estimate of drug-likeness (QED) is 0.255. The average molecular weight is 502 g/mol. The van der Waals surface area contributed by atoms with E-state index in [1.54, 1.807) is 18.2 Å². The van der Waals surface area contributed by atoms with Gasteiger partial charge in [-0.25, -0.2) is 4.39 Å². The van der Waals surface area contributed by atoms with E-state index >= 15 is 0 Å². The number of nitrogens with one attached hydrogen (secondary N) is 2. The summed E-state index contributed by atoms with van der Waals surface area (Å²) >= 11 is 6.02. The number of halogens is 2. The van der Waals surface area contributed by atoms with Crippen LogP contribution in [0.4, 0.5) is 4.39 Å². The second-order valence-corrected chi connectivity index (χ2v) is 8.68. The van der Waals surface area contributed by atoms with Crippen molar-refractivity contribution in [2.45, 2.75) is 38.6 Å². The highest BCUT2D eigenvalue weighted by molar-refractivity contribution is 6.30. The van der Waals surface area contributed by atoms with Gasteiger partial charge in [-0.2, -0.15) is 0 Å². The number of hydrogen-bond acceptors (Lipinski definition) is 6. The first-order valence-corrected chi connectivity index (χ1v) is 11.9. The maximum Gasteiger partial charge on any atom is 0.310 e. The zero-order valence-corrected chi connectivity index (χ0v) is 20.2. The summed E-state index contributed by atoms with van der Waals surface area (Å²) < 4.78 is 19.6. The Labute approximate surface area is 208 Å². The van der Waals surface area contributed by atoms with Crippen molar-refractivity contribution in [3.05, 3.63) is 70.8 Å². The first-order chi connectivity index (χ1) is 16.9. The fraction of sp³-hybridized carbons (Fsp3) is 0.360. The predicted octanol–water partition coefficient (Wildman–Crippen LogP) is 3.91. The first kappa shape index (κ1) is 26.3. The second-order valence-electron chi connectivity index (χ2n) is 8.24. The molecule has 3 rings (SSSR count). The summed E-state index contributed by atoms with van der Waals surface area (Å²) in [5.41, 5.74) is 7.97. The topological polar surface area (TPSA) is 123 Å². The van der Waals surface area contributed by atoms with Gasteiger partial charge in [0.2, 0.25) is 0 Å². The highest BCUT2D eigenvalue weighted by Crippen LogP contribution is 2.27. The number of nitrogens with zero attached hydrogens (tertiary/aromatic N) is 2. The van der Waals surface area contributed by atoms with E-state index in [4.69, 9.17) is 22.1 Å². The van der Waals surface area contributed by atoms with Crippen molar-refractivity contribution in [3.63, 3.8) is 0 Å². The van der Waals surface area contributed by atoms with Crippen molar-refractivity contribution in [2.75, 3.05) is 13.2 Å². The van der Waals surface area contributed by atoms with Crippen LogP contribution >= 0.6 is 11.6 Å². The van der Waals surface area contributed by atoms with Gasteiger partial charge in [0.05, 0.1) is 18.7 Å². The number of amides is 1. The molecule has 10 heteroatoms. The number of ether oxygens (including phenoxy) is 1. The molecule has 4 N–H and O–H groups in total. The van der Waals surface area contributed by atoms with Crippen molar-refractivity contribution < 1.29 is 18.7 Å². The van der Waals surface area contributed by atoms with Crippen LogP contribution in [0.1, 0.15) is 42.2 Å². The maximum absolute atomic E-state index is 14.2. The van der Waals surface area contributed by atoms with E-state index in [0.29, 0.717) is 29.2 Å². The summed E-state index contributed by atoms with van der Waals surface area (Å²) in [4.78, 5) is 25.2. The Hall–Kier alpha value is -3.30. The van der Waals surface area contributed by atoms with Gasteiger partial charge < -0.3 is 15.8 Å². The Kier molecular flexibility index (Phi) is 9.75. The minimum absolute atomic E-state index is 0.0915. The molecule has 3 aromatic rings. The summed E-state index contributed by atoms with van der Waals surface area (Å²) in [6.45, 7) is 2.44. The van der Waals surface area contributed by atoms with Crippen molar-refractivity contribution >= 4 is 23.5 Å². The fourth-order valence-electron chi connectivity index (χ4n) is 3.66. The first-order valence-electron chi connectivity index (χ1n) is 11.5. The van der Waals surface area contributed by atoms with Crippen molar-refractivity contribution in [3.8, 4) is 11.1 Å². The monoisotopic (exact) mass is 501 g/mol. The van der Waals surface area contributed by atoms with Gasteiger partial charge in [-0.05, 0) is 48.6 Å². The molecule has 0 aliphatic heterocycles. The van der Waals surface area contributed by atoms with Crippen molar-refractivity contribution in [1.82, 2.24) is 20.7 Å². The zero-order chi connectivity index (χ0) is 25.2.